The van der Waals surface area contributed by atoms with Crippen LogP contribution in [0.25, 0.3) is 11.3 Å². The Labute approximate surface area is 171 Å². The second-order valence-electron chi connectivity index (χ2n) is 7.83. The molecule has 0 aromatic heterocycles. The number of hydrogen-bond acceptors (Lipinski definition) is 4. The van der Waals surface area contributed by atoms with Crippen LogP contribution in [-0.4, -0.2) is 26.1 Å². The number of benzene rings is 2. The van der Waals surface area contributed by atoms with Gasteiger partial charge in [0, 0.05) is 16.8 Å². The molecule has 0 saturated carbocycles. The Hall–Kier alpha value is -2.11. The zero-order valence-electron chi connectivity index (χ0n) is 16.5. The van der Waals surface area contributed by atoms with Gasteiger partial charge in [-0.25, -0.2) is 8.42 Å². The van der Waals surface area contributed by atoms with Crippen molar-refractivity contribution >= 4 is 38.6 Å². The maximum absolute atomic E-state index is 13.0. The highest BCUT2D eigenvalue weighted by Crippen LogP contribution is 2.42. The fourth-order valence-electron chi connectivity index (χ4n) is 3.23. The molecule has 0 atom stereocenters. The van der Waals surface area contributed by atoms with Crippen molar-refractivity contribution in [3.05, 3.63) is 64.2 Å². The number of ketones is 1. The first kappa shape index (κ1) is 20.6. The van der Waals surface area contributed by atoms with E-state index in [0.717, 1.165) is 11.8 Å². The SMILES string of the molecule is CC(C)c1ccc(C2=C(c3ccc(S(C)(=O)=O)cc3)OC(C)(C)C2=O)cc1Cl. The van der Waals surface area contributed by atoms with Crippen LogP contribution in [-0.2, 0) is 19.4 Å². The lowest BCUT2D eigenvalue weighted by Crippen LogP contribution is -2.29. The van der Waals surface area contributed by atoms with Crippen molar-refractivity contribution in [2.24, 2.45) is 0 Å². The van der Waals surface area contributed by atoms with E-state index < -0.39 is 15.4 Å². The Balaban J connectivity index is 2.16. The molecule has 0 spiro atoms. The standard InChI is InChI=1S/C22H23ClO4S/c1-13(2)17-11-8-15(12-18(17)23)19-20(27-22(3,4)21(19)24)14-6-9-16(10-7-14)28(5,25)26/h6-13H,1-5H3. The predicted molar refractivity (Wildman–Crippen MR) is 112 cm³/mol. The van der Waals surface area contributed by atoms with Gasteiger partial charge in [0.15, 0.2) is 15.4 Å². The van der Waals surface area contributed by atoms with E-state index >= 15 is 0 Å². The lowest BCUT2D eigenvalue weighted by Gasteiger charge is -2.18. The number of hydrogen-bond donors (Lipinski definition) is 0. The van der Waals surface area contributed by atoms with Crippen molar-refractivity contribution in [2.75, 3.05) is 6.26 Å². The summed E-state index contributed by atoms with van der Waals surface area (Å²) in [6, 6.07) is 11.9. The second kappa shape index (κ2) is 7.05. The summed E-state index contributed by atoms with van der Waals surface area (Å²) in [4.78, 5) is 13.3. The normalized spacial score (nSPS) is 16.6. The zero-order valence-corrected chi connectivity index (χ0v) is 18.1. The molecule has 6 heteroatoms. The molecular weight excluding hydrogens is 396 g/mol. The third-order valence-corrected chi connectivity index (χ3v) is 6.27. The van der Waals surface area contributed by atoms with E-state index in [0.29, 0.717) is 27.5 Å². The van der Waals surface area contributed by atoms with Crippen LogP contribution < -0.4 is 0 Å². The number of ether oxygens (including phenoxy) is 1. The van der Waals surface area contributed by atoms with Gasteiger partial charge in [-0.1, -0.05) is 37.6 Å². The third-order valence-electron chi connectivity index (χ3n) is 4.81. The average Bonchev–Trinajstić information content (AvgIpc) is 2.84. The lowest BCUT2D eigenvalue weighted by molar-refractivity contribution is -0.125. The molecule has 4 nitrogen and oxygen atoms in total. The van der Waals surface area contributed by atoms with Crippen LogP contribution in [0.4, 0.5) is 0 Å². The van der Waals surface area contributed by atoms with Gasteiger partial charge in [0.1, 0.15) is 5.76 Å². The summed E-state index contributed by atoms with van der Waals surface area (Å²) in [6.07, 6.45) is 1.16. The van der Waals surface area contributed by atoms with Crippen molar-refractivity contribution < 1.29 is 17.9 Å². The Kier molecular flexibility index (Phi) is 5.19. The quantitative estimate of drug-likeness (QED) is 0.691. The van der Waals surface area contributed by atoms with Crippen LogP contribution in [0.3, 0.4) is 0 Å². The molecule has 1 aliphatic heterocycles. The van der Waals surface area contributed by atoms with Crippen LogP contribution in [0.5, 0.6) is 0 Å². The van der Waals surface area contributed by atoms with Gasteiger partial charge in [-0.05, 0) is 61.2 Å². The molecule has 148 valence electrons. The van der Waals surface area contributed by atoms with Crippen molar-refractivity contribution in [3.63, 3.8) is 0 Å². The van der Waals surface area contributed by atoms with Gasteiger partial charge in [0.2, 0.25) is 5.78 Å². The highest BCUT2D eigenvalue weighted by Gasteiger charge is 2.42. The lowest BCUT2D eigenvalue weighted by atomic mass is 9.91. The number of carbonyl (C=O) groups excluding carboxylic acids is 1. The maximum atomic E-state index is 13.0. The Morgan fingerprint density at radius 2 is 1.57 bits per heavy atom. The minimum Gasteiger partial charge on any atom is -0.478 e. The number of Topliss-reactive ketones (excluding diaryl/α,β-unsaturated/α-hetero) is 1. The Bertz CT molecular complexity index is 1080. The number of carbonyl (C=O) groups is 1. The van der Waals surface area contributed by atoms with Gasteiger partial charge in [0.05, 0.1) is 10.5 Å². The Morgan fingerprint density at radius 1 is 1.00 bits per heavy atom. The van der Waals surface area contributed by atoms with Gasteiger partial charge in [-0.3, -0.25) is 4.79 Å². The van der Waals surface area contributed by atoms with Gasteiger partial charge in [-0.15, -0.1) is 0 Å². The van der Waals surface area contributed by atoms with E-state index in [1.165, 1.54) is 12.1 Å². The fraction of sp³-hybridized carbons (Fsp3) is 0.318. The van der Waals surface area contributed by atoms with Crippen molar-refractivity contribution in [1.29, 1.82) is 0 Å². The zero-order chi connectivity index (χ0) is 20.9. The molecule has 2 aromatic rings. The number of rotatable bonds is 4. The van der Waals surface area contributed by atoms with Crippen molar-refractivity contribution in [3.8, 4) is 0 Å². The first-order valence-electron chi connectivity index (χ1n) is 9.00. The minimum atomic E-state index is -3.30. The van der Waals surface area contributed by atoms with Crippen LogP contribution in [0, 0.1) is 0 Å². The molecule has 28 heavy (non-hydrogen) atoms. The monoisotopic (exact) mass is 418 g/mol. The molecule has 0 N–H and O–H groups in total. The first-order valence-corrected chi connectivity index (χ1v) is 11.3. The first-order chi connectivity index (χ1) is 12.9. The molecule has 0 aliphatic carbocycles. The maximum Gasteiger partial charge on any atom is 0.210 e. The molecule has 0 radical (unpaired) electrons. The number of halogens is 1. The average molecular weight is 419 g/mol. The summed E-state index contributed by atoms with van der Waals surface area (Å²) in [7, 11) is -3.30. The number of sulfone groups is 1. The molecule has 0 saturated heterocycles. The van der Waals surface area contributed by atoms with E-state index in [2.05, 4.69) is 13.8 Å². The van der Waals surface area contributed by atoms with Crippen molar-refractivity contribution in [2.45, 2.75) is 44.1 Å². The van der Waals surface area contributed by atoms with Crippen LogP contribution in [0.1, 0.15) is 50.3 Å². The summed E-state index contributed by atoms with van der Waals surface area (Å²) < 4.78 is 29.4. The van der Waals surface area contributed by atoms with Crippen LogP contribution in [0.15, 0.2) is 47.4 Å². The van der Waals surface area contributed by atoms with Gasteiger partial charge >= 0.3 is 0 Å². The van der Waals surface area contributed by atoms with E-state index in [9.17, 15) is 13.2 Å². The predicted octanol–water partition coefficient (Wildman–Crippen LogP) is 5.11. The molecule has 1 aliphatic rings. The van der Waals surface area contributed by atoms with E-state index in [1.807, 2.05) is 12.1 Å². The van der Waals surface area contributed by atoms with E-state index in [4.69, 9.17) is 16.3 Å². The summed E-state index contributed by atoms with van der Waals surface area (Å²) in [5.41, 5.74) is 1.78. The van der Waals surface area contributed by atoms with Gasteiger partial charge in [0.25, 0.3) is 0 Å². The molecule has 0 unspecified atom stereocenters. The van der Waals surface area contributed by atoms with Crippen molar-refractivity contribution in [1.82, 2.24) is 0 Å². The summed E-state index contributed by atoms with van der Waals surface area (Å²) in [5, 5.41) is 0.601. The fourth-order valence-corrected chi connectivity index (χ4v) is 4.26. The van der Waals surface area contributed by atoms with Gasteiger partial charge in [-0.2, -0.15) is 0 Å². The molecule has 0 amide bonds. The smallest absolute Gasteiger partial charge is 0.210 e. The molecule has 3 rings (SSSR count). The summed E-state index contributed by atoms with van der Waals surface area (Å²) in [5.74, 6) is 0.567. The molecule has 0 fully saturated rings. The topological polar surface area (TPSA) is 60.4 Å². The molecule has 1 heterocycles. The van der Waals surface area contributed by atoms with E-state index in [-0.39, 0.29) is 16.6 Å². The van der Waals surface area contributed by atoms with Crippen LogP contribution >= 0.6 is 11.6 Å². The summed E-state index contributed by atoms with van der Waals surface area (Å²) in [6.45, 7) is 7.55. The highest BCUT2D eigenvalue weighted by atomic mass is 35.5. The van der Waals surface area contributed by atoms with E-state index in [1.54, 1.807) is 32.0 Å². The third kappa shape index (κ3) is 3.74. The summed E-state index contributed by atoms with van der Waals surface area (Å²) >= 11 is 6.44. The highest BCUT2D eigenvalue weighted by molar-refractivity contribution is 7.90. The largest absolute Gasteiger partial charge is 0.478 e. The molecule has 0 bridgehead atoms. The van der Waals surface area contributed by atoms with Gasteiger partial charge < -0.3 is 4.74 Å². The minimum absolute atomic E-state index is 0.136. The molecule has 2 aromatic carbocycles. The molecular formula is C22H23ClO4S. The van der Waals surface area contributed by atoms with Crippen LogP contribution in [0.2, 0.25) is 5.02 Å². The Morgan fingerprint density at radius 3 is 2.07 bits per heavy atom. The second-order valence-corrected chi connectivity index (χ2v) is 10.3.